The van der Waals surface area contributed by atoms with Gasteiger partial charge in [-0.25, -0.2) is 9.59 Å². The number of hydrogen-bond donors (Lipinski definition) is 0. The molecule has 3 rings (SSSR count). The number of fused-ring (bicyclic) bond motifs is 1. The van der Waals surface area contributed by atoms with Gasteiger partial charge in [0.15, 0.2) is 0 Å². The molecule has 28 heavy (non-hydrogen) atoms. The Hall–Kier alpha value is -2.61. The molecule has 8 nitrogen and oxygen atoms in total. The minimum absolute atomic E-state index is 0.110. The van der Waals surface area contributed by atoms with E-state index in [0.29, 0.717) is 31.7 Å². The number of rotatable bonds is 2. The van der Waals surface area contributed by atoms with E-state index in [1.807, 2.05) is 26.8 Å². The lowest BCUT2D eigenvalue weighted by molar-refractivity contribution is -0.191. The standard InChI is InChI=1S/C20H27N3O5/c1-14-17(24)22-11-10-21(19(26)27-20(2,3)4)12-16(22)13-23(14)28-18(25)15-8-6-5-7-9-15/h5-9,14,16H,10-13H2,1-4H3/t14-,16?/m1/s1. The predicted molar refractivity (Wildman–Crippen MR) is 101 cm³/mol. The molecule has 0 saturated carbocycles. The quantitative estimate of drug-likeness (QED) is 0.769. The van der Waals surface area contributed by atoms with E-state index in [1.165, 1.54) is 5.06 Å². The molecule has 0 N–H and O–H groups in total. The van der Waals surface area contributed by atoms with Crippen LogP contribution in [-0.4, -0.2) is 76.7 Å². The topological polar surface area (TPSA) is 79.4 Å². The van der Waals surface area contributed by atoms with Crippen molar-refractivity contribution in [2.75, 3.05) is 26.2 Å². The van der Waals surface area contributed by atoms with Crippen molar-refractivity contribution in [3.8, 4) is 0 Å². The number of carbonyl (C=O) groups is 3. The van der Waals surface area contributed by atoms with Gasteiger partial charge in [-0.2, -0.15) is 0 Å². The highest BCUT2D eigenvalue weighted by Crippen LogP contribution is 2.23. The summed E-state index contributed by atoms with van der Waals surface area (Å²) >= 11 is 0. The van der Waals surface area contributed by atoms with Crippen LogP contribution in [0, 0.1) is 0 Å². The lowest BCUT2D eigenvalue weighted by atomic mass is 10.1. The number of hydroxylamine groups is 2. The van der Waals surface area contributed by atoms with Crippen LogP contribution in [0.5, 0.6) is 0 Å². The van der Waals surface area contributed by atoms with Crippen molar-refractivity contribution in [3.05, 3.63) is 35.9 Å². The van der Waals surface area contributed by atoms with E-state index in [2.05, 4.69) is 0 Å². The van der Waals surface area contributed by atoms with Gasteiger partial charge >= 0.3 is 12.1 Å². The summed E-state index contributed by atoms with van der Waals surface area (Å²) in [5.74, 6) is -0.616. The molecule has 0 bridgehead atoms. The molecule has 1 aromatic rings. The molecule has 2 amide bonds. The minimum Gasteiger partial charge on any atom is -0.444 e. The number of carbonyl (C=O) groups excluding carboxylic acids is 3. The van der Waals surface area contributed by atoms with Gasteiger partial charge in [-0.15, -0.1) is 5.06 Å². The number of amides is 2. The zero-order valence-electron chi connectivity index (χ0n) is 16.8. The van der Waals surface area contributed by atoms with Crippen LogP contribution in [0.15, 0.2) is 30.3 Å². The predicted octanol–water partition coefficient (Wildman–Crippen LogP) is 1.91. The van der Waals surface area contributed by atoms with Gasteiger partial charge in [0, 0.05) is 19.6 Å². The van der Waals surface area contributed by atoms with E-state index in [-0.39, 0.29) is 11.9 Å². The molecule has 0 radical (unpaired) electrons. The van der Waals surface area contributed by atoms with Gasteiger partial charge < -0.3 is 19.4 Å². The van der Waals surface area contributed by atoms with Crippen LogP contribution in [-0.2, 0) is 14.4 Å². The summed E-state index contributed by atoms with van der Waals surface area (Å²) < 4.78 is 5.44. The van der Waals surface area contributed by atoms with Crippen molar-refractivity contribution in [1.29, 1.82) is 0 Å². The number of ether oxygens (including phenoxy) is 1. The van der Waals surface area contributed by atoms with Crippen LogP contribution < -0.4 is 0 Å². The highest BCUT2D eigenvalue weighted by Gasteiger charge is 2.44. The molecule has 0 aromatic heterocycles. The van der Waals surface area contributed by atoms with E-state index >= 15 is 0 Å². The van der Waals surface area contributed by atoms with Crippen molar-refractivity contribution in [3.63, 3.8) is 0 Å². The molecule has 0 aliphatic carbocycles. The molecule has 0 spiro atoms. The molecule has 152 valence electrons. The average Bonchev–Trinajstić information content (AvgIpc) is 2.64. The Morgan fingerprint density at radius 1 is 1.07 bits per heavy atom. The van der Waals surface area contributed by atoms with E-state index in [9.17, 15) is 14.4 Å². The van der Waals surface area contributed by atoms with E-state index in [4.69, 9.17) is 9.57 Å². The van der Waals surface area contributed by atoms with Gasteiger partial charge in [0.1, 0.15) is 11.6 Å². The molecule has 1 unspecified atom stereocenters. The zero-order chi connectivity index (χ0) is 20.5. The van der Waals surface area contributed by atoms with Crippen molar-refractivity contribution in [1.82, 2.24) is 14.9 Å². The van der Waals surface area contributed by atoms with Crippen molar-refractivity contribution >= 4 is 18.0 Å². The summed E-state index contributed by atoms with van der Waals surface area (Å²) in [7, 11) is 0. The molecule has 2 aliphatic heterocycles. The number of nitrogens with zero attached hydrogens (tertiary/aromatic N) is 3. The van der Waals surface area contributed by atoms with E-state index in [1.54, 1.807) is 41.0 Å². The molecule has 8 heteroatoms. The van der Waals surface area contributed by atoms with Crippen molar-refractivity contribution in [2.24, 2.45) is 0 Å². The van der Waals surface area contributed by atoms with Crippen LogP contribution in [0.1, 0.15) is 38.1 Å². The Labute approximate surface area is 164 Å². The molecule has 2 aliphatic rings. The Kier molecular flexibility index (Phi) is 5.60. The van der Waals surface area contributed by atoms with Gasteiger partial charge in [-0.05, 0) is 39.8 Å². The van der Waals surface area contributed by atoms with Gasteiger partial charge in [0.05, 0.1) is 18.2 Å². The van der Waals surface area contributed by atoms with Gasteiger partial charge in [0.2, 0.25) is 5.91 Å². The van der Waals surface area contributed by atoms with Crippen molar-refractivity contribution < 1.29 is 24.0 Å². The lowest BCUT2D eigenvalue weighted by Gasteiger charge is -2.48. The third kappa shape index (κ3) is 4.44. The Balaban J connectivity index is 1.67. The van der Waals surface area contributed by atoms with Gasteiger partial charge in [0.25, 0.3) is 0 Å². The summed E-state index contributed by atoms with van der Waals surface area (Å²) in [4.78, 5) is 46.4. The second-order valence-electron chi connectivity index (χ2n) is 8.13. The maximum Gasteiger partial charge on any atom is 0.410 e. The van der Waals surface area contributed by atoms with Crippen molar-refractivity contribution in [2.45, 2.75) is 45.4 Å². The van der Waals surface area contributed by atoms with Crippen LogP contribution in [0.4, 0.5) is 4.79 Å². The normalized spacial score (nSPS) is 23.2. The monoisotopic (exact) mass is 389 g/mol. The molecular formula is C20H27N3O5. The first-order valence-electron chi connectivity index (χ1n) is 9.48. The molecular weight excluding hydrogens is 362 g/mol. The maximum absolute atomic E-state index is 12.8. The molecule has 2 saturated heterocycles. The smallest absolute Gasteiger partial charge is 0.410 e. The Bertz CT molecular complexity index is 746. The van der Waals surface area contributed by atoms with Crippen LogP contribution >= 0.6 is 0 Å². The summed E-state index contributed by atoms with van der Waals surface area (Å²) in [5.41, 5.74) is -0.161. The van der Waals surface area contributed by atoms with E-state index < -0.39 is 23.7 Å². The molecule has 2 atom stereocenters. The summed E-state index contributed by atoms with van der Waals surface area (Å²) in [6.45, 7) is 8.71. The van der Waals surface area contributed by atoms with Gasteiger partial charge in [-0.1, -0.05) is 18.2 Å². The number of hydrogen-bond acceptors (Lipinski definition) is 6. The first kappa shape index (κ1) is 20.1. The highest BCUT2D eigenvalue weighted by molar-refractivity contribution is 5.89. The fourth-order valence-corrected chi connectivity index (χ4v) is 3.37. The van der Waals surface area contributed by atoms with Gasteiger partial charge in [-0.3, -0.25) is 4.79 Å². The van der Waals surface area contributed by atoms with Crippen LogP contribution in [0.3, 0.4) is 0 Å². The maximum atomic E-state index is 12.8. The van der Waals surface area contributed by atoms with E-state index in [0.717, 1.165) is 0 Å². The Morgan fingerprint density at radius 3 is 2.39 bits per heavy atom. The second kappa shape index (κ2) is 7.79. The number of benzene rings is 1. The minimum atomic E-state index is -0.581. The summed E-state index contributed by atoms with van der Waals surface area (Å²) in [6.07, 6.45) is -0.397. The number of piperazine rings is 2. The zero-order valence-corrected chi connectivity index (χ0v) is 16.8. The highest BCUT2D eigenvalue weighted by atomic mass is 16.7. The summed E-state index contributed by atoms with van der Waals surface area (Å²) in [5, 5.41) is 1.41. The largest absolute Gasteiger partial charge is 0.444 e. The van der Waals surface area contributed by atoms with Crippen LogP contribution in [0.25, 0.3) is 0 Å². The SMILES string of the molecule is C[C@@H]1C(=O)N2CCN(C(=O)OC(C)(C)C)CC2CN1OC(=O)c1ccccc1. The molecule has 2 heterocycles. The second-order valence-corrected chi connectivity index (χ2v) is 8.13. The third-order valence-corrected chi connectivity index (χ3v) is 4.81. The van der Waals surface area contributed by atoms with Crippen LogP contribution in [0.2, 0.25) is 0 Å². The lowest BCUT2D eigenvalue weighted by Crippen LogP contribution is -2.67. The first-order chi connectivity index (χ1) is 13.2. The molecule has 2 fully saturated rings. The third-order valence-electron chi connectivity index (χ3n) is 4.81. The summed E-state index contributed by atoms with van der Waals surface area (Å²) in [6, 6.07) is 7.82. The Morgan fingerprint density at radius 2 is 1.75 bits per heavy atom. The molecule has 1 aromatic carbocycles. The average molecular weight is 389 g/mol. The fourth-order valence-electron chi connectivity index (χ4n) is 3.37. The first-order valence-corrected chi connectivity index (χ1v) is 9.48. The fraction of sp³-hybridized carbons (Fsp3) is 0.550.